The van der Waals surface area contributed by atoms with Crippen LogP contribution in [-0.2, 0) is 13.1 Å². The lowest BCUT2D eigenvalue weighted by Crippen LogP contribution is -2.33. The highest BCUT2D eigenvalue weighted by atomic mass is 32.2. The monoisotopic (exact) mass is 238 g/mol. The first kappa shape index (κ1) is 12.1. The first-order chi connectivity index (χ1) is 7.88. The fourth-order valence-electron chi connectivity index (χ4n) is 2.16. The van der Waals surface area contributed by atoms with Gasteiger partial charge in [0.1, 0.15) is 0 Å². The van der Waals surface area contributed by atoms with E-state index in [0.29, 0.717) is 0 Å². The molecule has 1 aliphatic heterocycles. The SMILES string of the molecule is CCCn1ccc(CNC2CCCSC2)c1. The minimum atomic E-state index is 0.730. The molecular formula is C13H22N2S. The Morgan fingerprint density at radius 1 is 1.56 bits per heavy atom. The first-order valence-corrected chi connectivity index (χ1v) is 7.49. The third-order valence-electron chi connectivity index (χ3n) is 3.05. The Morgan fingerprint density at radius 2 is 2.50 bits per heavy atom. The highest BCUT2D eigenvalue weighted by Crippen LogP contribution is 2.17. The van der Waals surface area contributed by atoms with E-state index in [1.807, 2.05) is 0 Å². The maximum Gasteiger partial charge on any atom is 0.0223 e. The summed E-state index contributed by atoms with van der Waals surface area (Å²) in [6.45, 7) is 4.39. The van der Waals surface area contributed by atoms with Crippen LogP contribution in [0.1, 0.15) is 31.7 Å². The summed E-state index contributed by atoms with van der Waals surface area (Å²) in [4.78, 5) is 0. The van der Waals surface area contributed by atoms with Crippen LogP contribution in [0.15, 0.2) is 18.5 Å². The lowest BCUT2D eigenvalue weighted by Gasteiger charge is -2.22. The van der Waals surface area contributed by atoms with Crippen LogP contribution in [0.2, 0.25) is 0 Å². The molecule has 3 heteroatoms. The van der Waals surface area contributed by atoms with Gasteiger partial charge in [0, 0.05) is 37.3 Å². The maximum absolute atomic E-state index is 3.66. The Kier molecular flexibility index (Phi) is 4.79. The molecule has 0 radical (unpaired) electrons. The highest BCUT2D eigenvalue weighted by molar-refractivity contribution is 7.99. The molecular weight excluding hydrogens is 216 g/mol. The Bertz CT molecular complexity index is 303. The molecule has 1 saturated heterocycles. The Morgan fingerprint density at radius 3 is 3.25 bits per heavy atom. The molecule has 0 aromatic carbocycles. The van der Waals surface area contributed by atoms with E-state index in [1.54, 1.807) is 0 Å². The number of aromatic nitrogens is 1. The van der Waals surface area contributed by atoms with Gasteiger partial charge in [0.2, 0.25) is 0 Å². The van der Waals surface area contributed by atoms with Gasteiger partial charge in [0.25, 0.3) is 0 Å². The molecule has 1 atom stereocenters. The first-order valence-electron chi connectivity index (χ1n) is 6.34. The summed E-state index contributed by atoms with van der Waals surface area (Å²) in [5.41, 5.74) is 1.42. The number of hydrogen-bond donors (Lipinski definition) is 1. The molecule has 1 aliphatic rings. The van der Waals surface area contributed by atoms with Crippen LogP contribution in [0.25, 0.3) is 0 Å². The van der Waals surface area contributed by atoms with Crippen LogP contribution in [0.5, 0.6) is 0 Å². The Hall–Kier alpha value is -0.410. The minimum absolute atomic E-state index is 0.730. The van der Waals surface area contributed by atoms with Gasteiger partial charge in [-0.2, -0.15) is 11.8 Å². The fourth-order valence-corrected chi connectivity index (χ4v) is 3.26. The van der Waals surface area contributed by atoms with Crippen molar-refractivity contribution < 1.29 is 0 Å². The molecule has 16 heavy (non-hydrogen) atoms. The van der Waals surface area contributed by atoms with Crippen molar-refractivity contribution in [3.63, 3.8) is 0 Å². The van der Waals surface area contributed by atoms with E-state index in [1.165, 1.54) is 36.3 Å². The van der Waals surface area contributed by atoms with E-state index in [4.69, 9.17) is 0 Å². The molecule has 2 rings (SSSR count). The predicted octanol–water partition coefficient (Wildman–Crippen LogP) is 2.88. The fraction of sp³-hybridized carbons (Fsp3) is 0.692. The number of rotatable bonds is 5. The molecule has 0 spiro atoms. The van der Waals surface area contributed by atoms with Crippen LogP contribution >= 0.6 is 11.8 Å². The highest BCUT2D eigenvalue weighted by Gasteiger charge is 2.12. The van der Waals surface area contributed by atoms with Crippen molar-refractivity contribution in [3.8, 4) is 0 Å². The summed E-state index contributed by atoms with van der Waals surface area (Å²) in [6, 6.07) is 2.96. The third-order valence-corrected chi connectivity index (χ3v) is 4.26. The zero-order valence-electron chi connectivity index (χ0n) is 10.1. The molecule has 90 valence electrons. The molecule has 1 N–H and O–H groups in total. The third kappa shape index (κ3) is 3.56. The molecule has 2 nitrogen and oxygen atoms in total. The lowest BCUT2D eigenvalue weighted by atomic mass is 10.2. The zero-order chi connectivity index (χ0) is 11.2. The standard InChI is InChI=1S/C13H22N2S/c1-2-6-15-7-5-12(10-15)9-14-13-4-3-8-16-11-13/h5,7,10,13-14H,2-4,6,8-9,11H2,1H3. The van der Waals surface area contributed by atoms with Gasteiger partial charge in [-0.25, -0.2) is 0 Å². The second kappa shape index (κ2) is 6.36. The summed E-state index contributed by atoms with van der Waals surface area (Å²) < 4.78 is 2.28. The Balaban J connectivity index is 1.75. The summed E-state index contributed by atoms with van der Waals surface area (Å²) in [5.74, 6) is 2.64. The lowest BCUT2D eigenvalue weighted by molar-refractivity contribution is 0.507. The zero-order valence-corrected chi connectivity index (χ0v) is 10.9. The van der Waals surface area contributed by atoms with E-state index < -0.39 is 0 Å². The predicted molar refractivity (Wildman–Crippen MR) is 71.9 cm³/mol. The minimum Gasteiger partial charge on any atom is -0.354 e. The van der Waals surface area contributed by atoms with E-state index in [-0.39, 0.29) is 0 Å². The quantitative estimate of drug-likeness (QED) is 0.849. The largest absolute Gasteiger partial charge is 0.354 e. The number of aryl methyl sites for hydroxylation is 1. The summed E-state index contributed by atoms with van der Waals surface area (Å²) in [7, 11) is 0. The molecule has 0 aliphatic carbocycles. The van der Waals surface area contributed by atoms with Crippen LogP contribution in [-0.4, -0.2) is 22.1 Å². The van der Waals surface area contributed by atoms with Crippen molar-refractivity contribution in [1.29, 1.82) is 0 Å². The van der Waals surface area contributed by atoms with Gasteiger partial charge in [-0.15, -0.1) is 0 Å². The van der Waals surface area contributed by atoms with E-state index in [2.05, 4.69) is 47.0 Å². The van der Waals surface area contributed by atoms with Gasteiger partial charge in [0.15, 0.2) is 0 Å². The van der Waals surface area contributed by atoms with E-state index in [9.17, 15) is 0 Å². The van der Waals surface area contributed by atoms with Crippen molar-refractivity contribution >= 4 is 11.8 Å². The maximum atomic E-state index is 3.66. The average molecular weight is 238 g/mol. The normalized spacial score (nSPS) is 21.2. The van der Waals surface area contributed by atoms with Crippen LogP contribution < -0.4 is 5.32 Å². The molecule has 2 heterocycles. The van der Waals surface area contributed by atoms with E-state index >= 15 is 0 Å². The van der Waals surface area contributed by atoms with Crippen molar-refractivity contribution in [1.82, 2.24) is 9.88 Å². The number of thioether (sulfide) groups is 1. The molecule has 1 aromatic rings. The van der Waals surface area contributed by atoms with Gasteiger partial charge >= 0.3 is 0 Å². The molecule has 1 fully saturated rings. The van der Waals surface area contributed by atoms with Crippen molar-refractivity contribution in [3.05, 3.63) is 24.0 Å². The van der Waals surface area contributed by atoms with Crippen LogP contribution in [0, 0.1) is 0 Å². The summed E-state index contributed by atoms with van der Waals surface area (Å²) >= 11 is 2.08. The number of nitrogens with zero attached hydrogens (tertiary/aromatic N) is 1. The second-order valence-electron chi connectivity index (χ2n) is 4.55. The smallest absolute Gasteiger partial charge is 0.0223 e. The Labute approximate surface area is 103 Å². The molecule has 0 bridgehead atoms. The van der Waals surface area contributed by atoms with Gasteiger partial charge in [0.05, 0.1) is 0 Å². The molecule has 1 aromatic heterocycles. The number of hydrogen-bond acceptors (Lipinski definition) is 2. The summed E-state index contributed by atoms with van der Waals surface area (Å²) in [5, 5.41) is 3.66. The van der Waals surface area contributed by atoms with Crippen molar-refractivity contribution in [2.45, 2.75) is 45.3 Å². The van der Waals surface area contributed by atoms with Crippen molar-refractivity contribution in [2.24, 2.45) is 0 Å². The molecule has 0 amide bonds. The van der Waals surface area contributed by atoms with E-state index in [0.717, 1.165) is 19.1 Å². The van der Waals surface area contributed by atoms with Gasteiger partial charge in [-0.1, -0.05) is 6.92 Å². The molecule has 1 unspecified atom stereocenters. The van der Waals surface area contributed by atoms with Crippen molar-refractivity contribution in [2.75, 3.05) is 11.5 Å². The topological polar surface area (TPSA) is 17.0 Å². The average Bonchev–Trinajstić information content (AvgIpc) is 2.76. The molecule has 0 saturated carbocycles. The number of nitrogens with one attached hydrogen (secondary N) is 1. The van der Waals surface area contributed by atoms with Gasteiger partial charge in [-0.05, 0) is 36.6 Å². The second-order valence-corrected chi connectivity index (χ2v) is 5.70. The van der Waals surface area contributed by atoms with Crippen LogP contribution in [0.4, 0.5) is 0 Å². The summed E-state index contributed by atoms with van der Waals surface area (Å²) in [6.07, 6.45) is 8.39. The van der Waals surface area contributed by atoms with Gasteiger partial charge in [-0.3, -0.25) is 0 Å². The van der Waals surface area contributed by atoms with Gasteiger partial charge < -0.3 is 9.88 Å². The van der Waals surface area contributed by atoms with Crippen LogP contribution in [0.3, 0.4) is 0 Å².